The lowest BCUT2D eigenvalue weighted by atomic mass is 9.92. The first-order chi connectivity index (χ1) is 14.2. The van der Waals surface area contributed by atoms with Gasteiger partial charge >= 0.3 is 0 Å². The van der Waals surface area contributed by atoms with Gasteiger partial charge in [-0.15, -0.1) is 11.8 Å². The molecule has 1 unspecified atom stereocenters. The van der Waals surface area contributed by atoms with Crippen LogP contribution in [0.25, 0.3) is 0 Å². The standard InChI is InChI=1S/C24H30N4OS/c1-17-8-6-7-9-19(17)15-21(26-16-25)27-23(24(2,3)4)28-22(29)14-18-10-12-20(30-5)13-11-18/h6-13,23H,14-15H2,1-5H3,(H,26,27)(H,28,29). The summed E-state index contributed by atoms with van der Waals surface area (Å²) in [4.78, 5) is 18.6. The van der Waals surface area contributed by atoms with Gasteiger partial charge in [0.05, 0.1) is 6.42 Å². The third-order valence-corrected chi connectivity index (χ3v) is 5.49. The molecule has 2 aromatic rings. The minimum atomic E-state index is -0.463. The highest BCUT2D eigenvalue weighted by Crippen LogP contribution is 2.21. The monoisotopic (exact) mass is 422 g/mol. The third kappa shape index (κ3) is 7.23. The van der Waals surface area contributed by atoms with E-state index in [0.29, 0.717) is 12.3 Å². The molecule has 0 spiro atoms. The van der Waals surface area contributed by atoms with E-state index < -0.39 is 6.17 Å². The summed E-state index contributed by atoms with van der Waals surface area (Å²) in [7, 11) is 0. The van der Waals surface area contributed by atoms with Crippen molar-refractivity contribution in [2.45, 2.75) is 51.6 Å². The van der Waals surface area contributed by atoms with Crippen LogP contribution in [0, 0.1) is 23.8 Å². The first-order valence-electron chi connectivity index (χ1n) is 9.91. The van der Waals surface area contributed by atoms with Crippen LogP contribution < -0.4 is 10.6 Å². The Labute approximate surface area is 184 Å². The summed E-state index contributed by atoms with van der Waals surface area (Å²) in [5.74, 6) is 0.444. The Morgan fingerprint density at radius 3 is 2.37 bits per heavy atom. The number of amidine groups is 1. The molecule has 0 aliphatic heterocycles. The number of carbonyl (C=O) groups excluding carboxylic acids is 1. The topological polar surface area (TPSA) is 77.3 Å². The van der Waals surface area contributed by atoms with Gasteiger partial charge in [0.25, 0.3) is 0 Å². The van der Waals surface area contributed by atoms with Crippen molar-refractivity contribution < 1.29 is 4.79 Å². The molecule has 5 nitrogen and oxygen atoms in total. The molecule has 2 N–H and O–H groups in total. The molecule has 6 heteroatoms. The van der Waals surface area contributed by atoms with Crippen LogP contribution in [0.1, 0.15) is 37.5 Å². The van der Waals surface area contributed by atoms with Crippen LogP contribution >= 0.6 is 11.8 Å². The number of benzene rings is 2. The fourth-order valence-corrected chi connectivity index (χ4v) is 3.31. The Morgan fingerprint density at radius 1 is 1.13 bits per heavy atom. The maximum atomic E-state index is 12.7. The van der Waals surface area contributed by atoms with Crippen molar-refractivity contribution in [1.82, 2.24) is 10.6 Å². The van der Waals surface area contributed by atoms with Crippen molar-refractivity contribution >= 4 is 23.5 Å². The quantitative estimate of drug-likeness (QED) is 0.227. The number of hydrogen-bond donors (Lipinski definition) is 2. The van der Waals surface area contributed by atoms with Gasteiger partial charge in [0.15, 0.2) is 6.19 Å². The summed E-state index contributed by atoms with van der Waals surface area (Å²) in [5, 5.41) is 14.9. The zero-order chi connectivity index (χ0) is 22.1. The summed E-state index contributed by atoms with van der Waals surface area (Å²) in [6.07, 6.45) is 4.32. The van der Waals surface area contributed by atoms with E-state index in [0.717, 1.165) is 16.7 Å². The molecule has 2 rings (SSSR count). The third-order valence-electron chi connectivity index (χ3n) is 4.75. The molecule has 2 aromatic carbocycles. The second-order valence-corrected chi connectivity index (χ2v) is 9.16. The first kappa shape index (κ1) is 23.5. The molecule has 0 radical (unpaired) electrons. The fraction of sp³-hybridized carbons (Fsp3) is 0.375. The lowest BCUT2D eigenvalue weighted by molar-refractivity contribution is -0.121. The van der Waals surface area contributed by atoms with Crippen LogP contribution in [0.5, 0.6) is 0 Å². The normalized spacial score (nSPS) is 12.7. The van der Waals surface area contributed by atoms with Crippen molar-refractivity contribution in [3.8, 4) is 6.19 Å². The summed E-state index contributed by atoms with van der Waals surface area (Å²) in [6, 6.07) is 16.0. The molecule has 0 fully saturated rings. The average molecular weight is 423 g/mol. The molecule has 0 saturated heterocycles. The Morgan fingerprint density at radius 2 is 1.80 bits per heavy atom. The Hall–Kier alpha value is -2.78. The van der Waals surface area contributed by atoms with Gasteiger partial charge in [-0.05, 0) is 42.0 Å². The van der Waals surface area contributed by atoms with Crippen molar-refractivity contribution in [2.24, 2.45) is 10.4 Å². The zero-order valence-electron chi connectivity index (χ0n) is 18.3. The Kier molecular flexibility index (Phi) is 8.49. The molecule has 0 heterocycles. The summed E-state index contributed by atoms with van der Waals surface area (Å²) in [6.45, 7) is 8.09. The second-order valence-electron chi connectivity index (χ2n) is 8.28. The SMILES string of the molecule is CSc1ccc(CC(=O)NC(N=C(Cc2ccccc2C)NC#N)C(C)(C)C)cc1. The number of rotatable bonds is 7. The van der Waals surface area contributed by atoms with Crippen LogP contribution in [-0.4, -0.2) is 24.2 Å². The van der Waals surface area contributed by atoms with E-state index in [1.807, 2.05) is 88.7 Å². The minimum absolute atomic E-state index is 0.0947. The molecule has 1 amide bonds. The molecular weight excluding hydrogens is 392 g/mol. The van der Waals surface area contributed by atoms with E-state index in [-0.39, 0.29) is 17.7 Å². The van der Waals surface area contributed by atoms with Crippen LogP contribution in [-0.2, 0) is 17.6 Å². The number of nitrogens with one attached hydrogen (secondary N) is 2. The van der Waals surface area contributed by atoms with Gasteiger partial charge in [0.1, 0.15) is 12.0 Å². The van der Waals surface area contributed by atoms with Crippen LogP contribution in [0.15, 0.2) is 58.4 Å². The van der Waals surface area contributed by atoms with Gasteiger partial charge in [0.2, 0.25) is 5.91 Å². The van der Waals surface area contributed by atoms with E-state index in [2.05, 4.69) is 10.6 Å². The number of hydrogen-bond acceptors (Lipinski definition) is 4. The smallest absolute Gasteiger partial charge is 0.226 e. The lowest BCUT2D eigenvalue weighted by Gasteiger charge is -2.29. The number of aliphatic imine (C=N–C) groups is 1. The number of nitrogens with zero attached hydrogens (tertiary/aromatic N) is 2. The molecule has 30 heavy (non-hydrogen) atoms. The summed E-state index contributed by atoms with van der Waals surface area (Å²) >= 11 is 1.67. The van der Waals surface area contributed by atoms with E-state index in [1.165, 1.54) is 4.90 Å². The molecule has 0 aliphatic rings. The Balaban J connectivity index is 2.18. The van der Waals surface area contributed by atoms with E-state index >= 15 is 0 Å². The second kappa shape index (κ2) is 10.8. The number of thioether (sulfide) groups is 1. The molecule has 0 saturated carbocycles. The van der Waals surface area contributed by atoms with Crippen LogP contribution in [0.2, 0.25) is 0 Å². The van der Waals surface area contributed by atoms with Gasteiger partial charge in [-0.3, -0.25) is 10.1 Å². The zero-order valence-corrected chi connectivity index (χ0v) is 19.1. The van der Waals surface area contributed by atoms with Crippen molar-refractivity contribution in [1.29, 1.82) is 5.26 Å². The molecule has 1 atom stereocenters. The van der Waals surface area contributed by atoms with Gasteiger partial charge in [-0.25, -0.2) is 4.99 Å². The minimum Gasteiger partial charge on any atom is -0.334 e. The predicted octanol–water partition coefficient (Wildman–Crippen LogP) is 4.46. The van der Waals surface area contributed by atoms with E-state index in [4.69, 9.17) is 4.99 Å². The van der Waals surface area contributed by atoms with Gasteiger partial charge in [-0.1, -0.05) is 57.2 Å². The fourth-order valence-electron chi connectivity index (χ4n) is 2.91. The number of aryl methyl sites for hydroxylation is 1. The maximum absolute atomic E-state index is 12.7. The van der Waals surface area contributed by atoms with Crippen molar-refractivity contribution in [3.63, 3.8) is 0 Å². The summed E-state index contributed by atoms with van der Waals surface area (Å²) in [5.41, 5.74) is 2.87. The number of amides is 1. The average Bonchev–Trinajstić information content (AvgIpc) is 2.69. The first-order valence-corrected chi connectivity index (χ1v) is 11.1. The largest absolute Gasteiger partial charge is 0.334 e. The van der Waals surface area contributed by atoms with Crippen LogP contribution in [0.3, 0.4) is 0 Å². The summed E-state index contributed by atoms with van der Waals surface area (Å²) < 4.78 is 0. The predicted molar refractivity (Wildman–Crippen MR) is 124 cm³/mol. The molecule has 158 valence electrons. The highest BCUT2D eigenvalue weighted by molar-refractivity contribution is 7.98. The van der Waals surface area contributed by atoms with Gasteiger partial charge in [0, 0.05) is 16.7 Å². The van der Waals surface area contributed by atoms with Crippen molar-refractivity contribution in [2.75, 3.05) is 6.26 Å². The van der Waals surface area contributed by atoms with Crippen molar-refractivity contribution in [3.05, 3.63) is 65.2 Å². The van der Waals surface area contributed by atoms with Gasteiger partial charge < -0.3 is 5.32 Å². The Bertz CT molecular complexity index is 923. The van der Waals surface area contributed by atoms with E-state index in [9.17, 15) is 10.1 Å². The molecule has 0 aromatic heterocycles. The highest BCUT2D eigenvalue weighted by atomic mass is 32.2. The molecule has 0 bridgehead atoms. The van der Waals surface area contributed by atoms with Gasteiger partial charge in [-0.2, -0.15) is 5.26 Å². The maximum Gasteiger partial charge on any atom is 0.226 e. The van der Waals surface area contributed by atoms with E-state index in [1.54, 1.807) is 11.8 Å². The number of nitriles is 1. The lowest BCUT2D eigenvalue weighted by Crippen LogP contribution is -2.44. The molecule has 0 aliphatic carbocycles. The number of carbonyl (C=O) groups is 1. The molecular formula is C24H30N4OS. The van der Waals surface area contributed by atoms with Crippen LogP contribution in [0.4, 0.5) is 0 Å². The highest BCUT2D eigenvalue weighted by Gasteiger charge is 2.26.